The summed E-state index contributed by atoms with van der Waals surface area (Å²) in [6, 6.07) is 109. The van der Waals surface area contributed by atoms with Gasteiger partial charge in [0.25, 0.3) is 0 Å². The van der Waals surface area contributed by atoms with Crippen LogP contribution in [-0.2, 0) is 56.4 Å². The molecule has 12 aromatic carbocycles. The van der Waals surface area contributed by atoms with Crippen molar-refractivity contribution in [2.45, 2.75) is 54.4 Å². The molecule has 0 spiro atoms. The van der Waals surface area contributed by atoms with Crippen molar-refractivity contribution < 1.29 is 18.3 Å². The molecule has 8 nitrogen and oxygen atoms in total. The van der Waals surface area contributed by atoms with E-state index < -0.39 is 0 Å². The number of pyridine rings is 4. The van der Waals surface area contributed by atoms with Gasteiger partial charge in [0.05, 0.1) is 33.5 Å². The van der Waals surface area contributed by atoms with Crippen LogP contribution in [0.2, 0.25) is 0 Å². The maximum Gasteiger partial charge on any atom is 0.220 e. The van der Waals surface area contributed by atoms with Crippen molar-refractivity contribution in [2.75, 3.05) is 0 Å². The van der Waals surface area contributed by atoms with Gasteiger partial charge >= 0.3 is 0 Å². The van der Waals surface area contributed by atoms with Crippen molar-refractivity contribution >= 4 is 86.7 Å². The average Bonchev–Trinajstić information content (AvgIpc) is 1.53. The molecule has 0 aliphatic heterocycles. The number of aryl methyl sites for hydroxylation is 9. The fraction of sp³-hybridized carbons (Fsp3) is 0.148. The van der Waals surface area contributed by atoms with Gasteiger partial charge in [0.15, 0.2) is 24.8 Å². The number of fused-ring (bicyclic) bond motifs is 8. The molecular formula is C108H100N8+4. The van der Waals surface area contributed by atoms with Crippen LogP contribution >= 0.6 is 0 Å². The first kappa shape index (κ1) is 75.1. The van der Waals surface area contributed by atoms with Crippen LogP contribution in [-0.4, -0.2) is 18.3 Å². The van der Waals surface area contributed by atoms with E-state index in [0.29, 0.717) is 5.92 Å². The van der Waals surface area contributed by atoms with Crippen LogP contribution in [0.1, 0.15) is 53.1 Å². The molecule has 0 atom stereocenters. The van der Waals surface area contributed by atoms with Gasteiger partial charge in [-0.05, 0) is 191 Å². The number of nitrogens with zero attached hydrogens (tertiary/aromatic N) is 8. The lowest BCUT2D eigenvalue weighted by atomic mass is 9.88. The van der Waals surface area contributed by atoms with Gasteiger partial charge in [0.2, 0.25) is 22.8 Å². The summed E-state index contributed by atoms with van der Waals surface area (Å²) in [4.78, 5) is 0. The zero-order chi connectivity index (χ0) is 80.3. The SMILES string of the molecule is Cc1c(-c2c(C(C)C)c3ccccc3n2C)cc2ccccc2c1-c1cccc[n+]1C.Cc1c(-c2cc3ccccc3n2C)cccc1-c1c2ccccc2cc[n+]1C.Cc1c(-c2cc3ccccc3n2C)cccc1-c1cc2ccccc2c[n+]1C.Cc1c(-c2cccc[n+]2C)cc2ccccc2c1-c1c(C)c2ccccc2n1C. The van der Waals surface area contributed by atoms with E-state index in [1.165, 1.54) is 210 Å². The summed E-state index contributed by atoms with van der Waals surface area (Å²) in [6.07, 6.45) is 8.62. The zero-order valence-corrected chi connectivity index (χ0v) is 69.3. The monoisotopic (exact) mass is 1510 g/mol. The molecule has 20 rings (SSSR count). The minimum Gasteiger partial charge on any atom is -0.344 e. The number of hydrogen-bond acceptors (Lipinski definition) is 0. The second-order valence-corrected chi connectivity index (χ2v) is 31.7. The van der Waals surface area contributed by atoms with Crippen molar-refractivity contribution in [3.8, 4) is 90.1 Å². The smallest absolute Gasteiger partial charge is 0.220 e. The predicted molar refractivity (Wildman–Crippen MR) is 488 cm³/mol. The summed E-state index contributed by atoms with van der Waals surface area (Å²) in [5.41, 5.74) is 33.6. The van der Waals surface area contributed by atoms with Gasteiger partial charge in [0.1, 0.15) is 28.2 Å². The van der Waals surface area contributed by atoms with Crippen LogP contribution in [0.5, 0.6) is 0 Å². The Morgan fingerprint density at radius 2 is 0.681 bits per heavy atom. The number of aromatic nitrogens is 8. The van der Waals surface area contributed by atoms with E-state index in [0.717, 1.165) is 0 Å². The van der Waals surface area contributed by atoms with Crippen molar-refractivity contribution in [3.05, 3.63) is 361 Å². The Balaban J connectivity index is 0.000000111. The quantitative estimate of drug-likeness (QED) is 0.129. The molecule has 8 aromatic heterocycles. The maximum absolute atomic E-state index is 2.39. The minimum atomic E-state index is 0.434. The standard InChI is InChI=1S/C29H29N2.C27H25N2.2C26H23N2/c1-19(2)27-23-14-8-9-15-25(23)31(5)29(27)24-18-21-12-6-7-13-22(21)28(20(24)3)26-16-10-11-17-30(26)4;1-18-23(24-14-9-10-16-28(24)3)17-20-11-5-6-13-22(20)26(18)27-19(2)21-12-7-8-15-25(21)29(27)4;1-18-21(25-17-20-10-5-7-14-24(20)28(25)3)12-8-13-22(18)26-23-11-6-4-9-19(23)15-16-27(26)2;1-18-22(25-15-19-9-4-5-11-21(19)17-27(25)2)12-8-13-23(18)26-16-20-10-6-7-14-24(20)28(26)3/h6-19H,1-5H3;5-17H,1-4H3;2*4-17H,1-3H3/q4*+1. The first-order valence-electron chi connectivity index (χ1n) is 40.5. The van der Waals surface area contributed by atoms with E-state index >= 15 is 0 Å². The molecule has 20 aromatic rings. The Kier molecular flexibility index (Phi) is 20.1. The molecule has 8 heteroatoms. The van der Waals surface area contributed by atoms with Gasteiger partial charge in [-0.3, -0.25) is 0 Å². The van der Waals surface area contributed by atoms with Crippen molar-refractivity contribution in [1.82, 2.24) is 18.3 Å². The van der Waals surface area contributed by atoms with Gasteiger partial charge in [-0.2, -0.15) is 0 Å². The lowest BCUT2D eigenvalue weighted by Gasteiger charge is -2.18. The topological polar surface area (TPSA) is 35.2 Å². The third-order valence-corrected chi connectivity index (χ3v) is 24.5. The molecule has 0 bridgehead atoms. The van der Waals surface area contributed by atoms with Crippen LogP contribution < -0.4 is 18.3 Å². The Hall–Kier alpha value is -13.6. The molecular weight excluding hydrogens is 1410 g/mol. The third-order valence-electron chi connectivity index (χ3n) is 24.5. The number of benzene rings is 12. The third kappa shape index (κ3) is 13.3. The fourth-order valence-electron chi connectivity index (χ4n) is 18.6. The summed E-state index contributed by atoms with van der Waals surface area (Å²) in [5.74, 6) is 0.434. The van der Waals surface area contributed by atoms with E-state index in [1.807, 2.05) is 0 Å². The molecule has 0 aliphatic rings. The number of rotatable bonds is 9. The van der Waals surface area contributed by atoms with Gasteiger partial charge < -0.3 is 18.3 Å². The highest BCUT2D eigenvalue weighted by Crippen LogP contribution is 2.46. The van der Waals surface area contributed by atoms with Crippen LogP contribution in [0.3, 0.4) is 0 Å². The molecule has 0 saturated carbocycles. The average molecular weight is 1510 g/mol. The predicted octanol–water partition coefficient (Wildman–Crippen LogP) is 24.6. The molecule has 0 saturated heterocycles. The molecule has 0 amide bonds. The maximum atomic E-state index is 2.39. The highest BCUT2D eigenvalue weighted by molar-refractivity contribution is 6.07. The summed E-state index contributed by atoms with van der Waals surface area (Å²) in [6.45, 7) is 15.9. The van der Waals surface area contributed by atoms with Crippen LogP contribution in [0, 0.1) is 34.6 Å². The first-order chi connectivity index (χ1) is 56.3. The molecule has 0 radical (unpaired) electrons. The largest absolute Gasteiger partial charge is 0.344 e. The molecule has 0 unspecified atom stereocenters. The highest BCUT2D eigenvalue weighted by atomic mass is 15.0. The molecule has 568 valence electrons. The molecule has 0 N–H and O–H groups in total. The summed E-state index contributed by atoms with van der Waals surface area (Å²) < 4.78 is 18.2. The highest BCUT2D eigenvalue weighted by Gasteiger charge is 2.28. The van der Waals surface area contributed by atoms with Crippen LogP contribution in [0.25, 0.3) is 177 Å². The summed E-state index contributed by atoms with van der Waals surface area (Å²) >= 11 is 0. The summed E-state index contributed by atoms with van der Waals surface area (Å²) in [7, 11) is 17.2. The number of hydrogen-bond donors (Lipinski definition) is 0. The Morgan fingerprint density at radius 1 is 0.250 bits per heavy atom. The first-order valence-corrected chi connectivity index (χ1v) is 40.5. The lowest BCUT2D eigenvalue weighted by molar-refractivity contribution is -0.660. The van der Waals surface area contributed by atoms with Crippen molar-refractivity contribution in [1.29, 1.82) is 0 Å². The van der Waals surface area contributed by atoms with Gasteiger partial charge in [-0.25, -0.2) is 18.3 Å². The Morgan fingerprint density at radius 3 is 1.25 bits per heavy atom. The fourth-order valence-corrected chi connectivity index (χ4v) is 18.6. The minimum absolute atomic E-state index is 0.434. The van der Waals surface area contributed by atoms with Crippen LogP contribution in [0.15, 0.2) is 328 Å². The van der Waals surface area contributed by atoms with Gasteiger partial charge in [0, 0.05) is 153 Å². The van der Waals surface area contributed by atoms with E-state index in [-0.39, 0.29) is 0 Å². The number of para-hydroxylation sites is 4. The van der Waals surface area contributed by atoms with Crippen molar-refractivity contribution in [2.24, 2.45) is 56.4 Å². The van der Waals surface area contributed by atoms with E-state index in [9.17, 15) is 0 Å². The Bertz CT molecular complexity index is 7190. The normalized spacial score (nSPS) is 11.5. The zero-order valence-electron chi connectivity index (χ0n) is 69.3. The second-order valence-electron chi connectivity index (χ2n) is 31.7. The molecule has 0 fully saturated rings. The second kappa shape index (κ2) is 31.1. The van der Waals surface area contributed by atoms with Crippen molar-refractivity contribution in [3.63, 3.8) is 0 Å². The molecule has 8 heterocycles. The van der Waals surface area contributed by atoms with Crippen LogP contribution in [0.4, 0.5) is 0 Å². The van der Waals surface area contributed by atoms with E-state index in [1.54, 1.807) is 0 Å². The lowest BCUT2D eigenvalue weighted by Crippen LogP contribution is -2.30. The molecule has 0 aliphatic carbocycles. The van der Waals surface area contributed by atoms with Gasteiger partial charge in [-0.1, -0.05) is 196 Å². The Labute approximate surface area is 681 Å². The molecule has 116 heavy (non-hydrogen) atoms. The van der Waals surface area contributed by atoms with E-state index in [4.69, 9.17) is 0 Å². The van der Waals surface area contributed by atoms with Gasteiger partial charge in [-0.15, -0.1) is 0 Å². The van der Waals surface area contributed by atoms with E-state index in [2.05, 4.69) is 469 Å². The summed E-state index contributed by atoms with van der Waals surface area (Å²) in [5, 5.41) is 15.5.